The molecule has 1 heterocycles. The Hall–Kier alpha value is -1.58. The maximum absolute atomic E-state index is 14.3. The average molecular weight is 1110 g/mol. The summed E-state index contributed by atoms with van der Waals surface area (Å²) in [5, 5.41) is 6.36. The molecule has 2 unspecified atom stereocenters. The number of carbonyl (C=O) groups excluding carboxylic acids is 2. The Morgan fingerprint density at radius 1 is 0.474 bits per heavy atom. The summed E-state index contributed by atoms with van der Waals surface area (Å²) in [6.45, 7) is 25.8. The maximum atomic E-state index is 14.3. The van der Waals surface area contributed by atoms with Crippen LogP contribution >= 0.6 is 0 Å². The van der Waals surface area contributed by atoms with Crippen molar-refractivity contribution < 1.29 is 52.2 Å². The molecule has 0 aromatic heterocycles. The van der Waals surface area contributed by atoms with Gasteiger partial charge in [-0.05, 0) is 78.6 Å². The highest BCUT2D eigenvalue weighted by Gasteiger charge is 2.49. The summed E-state index contributed by atoms with van der Waals surface area (Å²) in [5.41, 5.74) is -0.482. The highest BCUT2D eigenvalue weighted by atomic mass is 16.7. The summed E-state index contributed by atoms with van der Waals surface area (Å²) in [7, 11) is 0. The maximum Gasteiger partial charge on any atom is 0.407 e. The first-order valence-corrected chi connectivity index (χ1v) is 33.2. The SMILES string of the molecule is CCCCCCCCCCCCCC[C@@H](OCCCC)[C@@H](OCCCC)[C@H](CO[C@H]1OC(COCCCC)[C@H](OCCCC)[C@H](OCCCC)C1OCCCC)NC(=O)CCCCCCCCCCCNC(=O)OC(C)(C)C. The molecule has 0 saturated carbocycles. The molecule has 1 aliphatic rings. The Labute approximate surface area is 481 Å². The van der Waals surface area contributed by atoms with Gasteiger partial charge in [0, 0.05) is 52.6 Å². The van der Waals surface area contributed by atoms with Crippen molar-refractivity contribution >= 4 is 12.0 Å². The van der Waals surface area contributed by atoms with E-state index in [-0.39, 0.29) is 24.7 Å². The first kappa shape index (κ1) is 74.4. The number of alkyl carbamates (subject to hydrolysis) is 1. The Kier molecular flexibility index (Phi) is 49.9. The zero-order valence-corrected chi connectivity index (χ0v) is 52.7. The van der Waals surface area contributed by atoms with Gasteiger partial charge in [0.25, 0.3) is 0 Å². The minimum atomic E-state index is -0.792. The topological polar surface area (TPSA) is 141 Å². The highest BCUT2D eigenvalue weighted by molar-refractivity contribution is 5.76. The Morgan fingerprint density at radius 3 is 1.46 bits per heavy atom. The number of carbonyl (C=O) groups is 2. The van der Waals surface area contributed by atoms with Crippen molar-refractivity contribution in [1.29, 1.82) is 0 Å². The molecule has 1 saturated heterocycles. The van der Waals surface area contributed by atoms with Crippen molar-refractivity contribution in [2.75, 3.05) is 59.4 Å². The van der Waals surface area contributed by atoms with E-state index in [0.717, 1.165) is 141 Å². The van der Waals surface area contributed by atoms with Crippen molar-refractivity contribution in [2.45, 2.75) is 349 Å². The van der Waals surface area contributed by atoms with Crippen LogP contribution in [-0.4, -0.2) is 126 Å². The monoisotopic (exact) mass is 1110 g/mol. The number of hydrogen-bond acceptors (Lipinski definition) is 11. The molecule has 1 aliphatic heterocycles. The first-order valence-electron chi connectivity index (χ1n) is 33.2. The molecule has 0 bridgehead atoms. The molecule has 78 heavy (non-hydrogen) atoms. The fourth-order valence-corrected chi connectivity index (χ4v) is 9.85. The molecule has 464 valence electrons. The molecular formula is C65H128N2O11. The quantitative estimate of drug-likeness (QED) is 0.0562. The summed E-state index contributed by atoms with van der Waals surface area (Å²) in [5.74, 6) is 0.0121. The van der Waals surface area contributed by atoms with Gasteiger partial charge in [0.15, 0.2) is 6.29 Å². The summed E-state index contributed by atoms with van der Waals surface area (Å²) in [6.07, 6.45) is 34.5. The Morgan fingerprint density at radius 2 is 0.923 bits per heavy atom. The van der Waals surface area contributed by atoms with Crippen LogP contribution in [0.15, 0.2) is 0 Å². The van der Waals surface area contributed by atoms with Crippen molar-refractivity contribution in [3.8, 4) is 0 Å². The van der Waals surface area contributed by atoms with Gasteiger partial charge < -0.3 is 53.3 Å². The summed E-state index contributed by atoms with van der Waals surface area (Å²) in [6, 6.07) is -0.491. The second-order valence-corrected chi connectivity index (χ2v) is 23.5. The second kappa shape index (κ2) is 52.2. The van der Waals surface area contributed by atoms with Gasteiger partial charge in [-0.15, -0.1) is 0 Å². The standard InChI is InChI=1S/C65H128N2O11/c1-11-18-25-26-27-28-29-30-32-35-38-41-44-56(71-48-20-13-3)59(72-49-21-14-4)55(67-58(68)45-42-39-36-33-31-34-37-40-43-46-66-64(69)78-65(8,9)10)53-76-63-62(75-52-24-17-7)61(74-51-23-16-6)60(73-50-22-15-5)57(77-63)54-70-47-19-12-2/h55-57,59-63H,11-54H2,1-10H3,(H,66,69)(H,67,68)/t55-,56+,57?,59-,60-,61-,62?,63-/m0/s1. The lowest BCUT2D eigenvalue weighted by Gasteiger charge is -2.46. The lowest BCUT2D eigenvalue weighted by atomic mass is 9.97. The molecule has 0 radical (unpaired) electrons. The first-order chi connectivity index (χ1) is 38.0. The van der Waals surface area contributed by atoms with E-state index in [1.165, 1.54) is 77.0 Å². The van der Waals surface area contributed by atoms with Crippen molar-refractivity contribution in [1.82, 2.24) is 10.6 Å². The predicted molar refractivity (Wildman–Crippen MR) is 322 cm³/mol. The van der Waals surface area contributed by atoms with Gasteiger partial charge in [0.05, 0.1) is 25.4 Å². The van der Waals surface area contributed by atoms with Gasteiger partial charge in [-0.1, -0.05) is 209 Å². The highest BCUT2D eigenvalue weighted by Crippen LogP contribution is 2.31. The van der Waals surface area contributed by atoms with E-state index in [0.29, 0.717) is 59.2 Å². The van der Waals surface area contributed by atoms with Crippen molar-refractivity contribution in [2.24, 2.45) is 0 Å². The minimum absolute atomic E-state index is 0.0121. The van der Waals surface area contributed by atoms with E-state index in [1.54, 1.807) is 0 Å². The van der Waals surface area contributed by atoms with E-state index in [1.807, 2.05) is 20.8 Å². The molecule has 2 amide bonds. The van der Waals surface area contributed by atoms with Gasteiger partial charge >= 0.3 is 6.09 Å². The molecule has 13 heteroatoms. The lowest BCUT2D eigenvalue weighted by Crippen LogP contribution is -2.63. The summed E-state index contributed by atoms with van der Waals surface area (Å²) < 4.78 is 59.8. The number of rotatable bonds is 56. The number of hydrogen-bond donors (Lipinski definition) is 2. The molecule has 8 atom stereocenters. The number of nitrogens with one attached hydrogen (secondary N) is 2. The van der Waals surface area contributed by atoms with E-state index < -0.39 is 48.5 Å². The van der Waals surface area contributed by atoms with Crippen LogP contribution in [0.1, 0.15) is 294 Å². The largest absolute Gasteiger partial charge is 0.444 e. The van der Waals surface area contributed by atoms with Gasteiger partial charge in [-0.3, -0.25) is 4.79 Å². The van der Waals surface area contributed by atoms with Crippen molar-refractivity contribution in [3.63, 3.8) is 0 Å². The zero-order valence-electron chi connectivity index (χ0n) is 52.7. The summed E-state index contributed by atoms with van der Waals surface area (Å²) >= 11 is 0. The molecule has 2 N–H and O–H groups in total. The molecule has 0 aromatic rings. The van der Waals surface area contributed by atoms with Crippen LogP contribution < -0.4 is 10.6 Å². The van der Waals surface area contributed by atoms with Crippen LogP contribution in [-0.2, 0) is 47.4 Å². The average Bonchev–Trinajstić information content (AvgIpc) is 3.42. The van der Waals surface area contributed by atoms with Crippen LogP contribution in [0.5, 0.6) is 0 Å². The van der Waals surface area contributed by atoms with E-state index in [9.17, 15) is 9.59 Å². The van der Waals surface area contributed by atoms with Crippen molar-refractivity contribution in [3.05, 3.63) is 0 Å². The Balaban J connectivity index is 3.39. The molecule has 1 rings (SSSR count). The molecular weight excluding hydrogens is 985 g/mol. The summed E-state index contributed by atoms with van der Waals surface area (Å²) in [4.78, 5) is 26.2. The number of unbranched alkanes of at least 4 members (excludes halogenated alkanes) is 25. The Bertz CT molecular complexity index is 1320. The lowest BCUT2D eigenvalue weighted by molar-refractivity contribution is -0.325. The van der Waals surface area contributed by atoms with E-state index in [2.05, 4.69) is 59.1 Å². The third-order valence-corrected chi connectivity index (χ3v) is 14.7. The molecule has 0 spiro atoms. The number of amides is 2. The van der Waals surface area contributed by atoms with Crippen LogP contribution in [0.2, 0.25) is 0 Å². The van der Waals surface area contributed by atoms with Crippen LogP contribution in [0.4, 0.5) is 4.79 Å². The van der Waals surface area contributed by atoms with Crippen LogP contribution in [0.3, 0.4) is 0 Å². The smallest absolute Gasteiger partial charge is 0.407 e. The second-order valence-electron chi connectivity index (χ2n) is 23.5. The van der Waals surface area contributed by atoms with Gasteiger partial charge in [0.2, 0.25) is 5.91 Å². The van der Waals surface area contributed by atoms with Gasteiger partial charge in [-0.25, -0.2) is 4.79 Å². The minimum Gasteiger partial charge on any atom is -0.444 e. The normalized spacial score (nSPS) is 19.0. The third-order valence-electron chi connectivity index (χ3n) is 14.7. The predicted octanol–water partition coefficient (Wildman–Crippen LogP) is 16.5. The van der Waals surface area contributed by atoms with Gasteiger partial charge in [0.1, 0.15) is 36.1 Å². The fourth-order valence-electron chi connectivity index (χ4n) is 9.85. The van der Waals surface area contributed by atoms with E-state index >= 15 is 0 Å². The van der Waals surface area contributed by atoms with Crippen LogP contribution in [0.25, 0.3) is 0 Å². The number of ether oxygens (including phenoxy) is 9. The molecule has 1 fully saturated rings. The molecule has 0 aliphatic carbocycles. The third kappa shape index (κ3) is 39.8. The van der Waals surface area contributed by atoms with Crippen LogP contribution in [0, 0.1) is 0 Å². The fraction of sp³-hybridized carbons (Fsp3) is 0.969. The van der Waals surface area contributed by atoms with Gasteiger partial charge in [-0.2, -0.15) is 0 Å². The molecule has 0 aromatic carbocycles. The molecule has 13 nitrogen and oxygen atoms in total. The zero-order chi connectivity index (χ0) is 57.2. The van der Waals surface area contributed by atoms with E-state index in [4.69, 9.17) is 42.6 Å².